The van der Waals surface area contributed by atoms with Gasteiger partial charge in [0.1, 0.15) is 19.3 Å². The first-order chi connectivity index (χ1) is 47.5. The third kappa shape index (κ3) is 71.9. The topological polar surface area (TPSA) is 237 Å². The minimum absolute atomic E-state index is 0.0853. The minimum Gasteiger partial charge on any atom is -0.462 e. The number of hydrogen-bond donors (Lipinski definition) is 3. The van der Waals surface area contributed by atoms with E-state index in [0.717, 1.165) is 109 Å². The molecule has 0 aliphatic carbocycles. The number of phosphoric acid groups is 2. The smallest absolute Gasteiger partial charge is 0.462 e. The van der Waals surface area contributed by atoms with Gasteiger partial charge in [-0.2, -0.15) is 0 Å². The van der Waals surface area contributed by atoms with E-state index in [0.29, 0.717) is 25.7 Å². The zero-order valence-electron chi connectivity index (χ0n) is 63.4. The Balaban J connectivity index is 5.26. The van der Waals surface area contributed by atoms with Gasteiger partial charge in [0.05, 0.1) is 26.4 Å². The lowest BCUT2D eigenvalue weighted by atomic mass is 10.0. The van der Waals surface area contributed by atoms with Crippen LogP contribution in [0.4, 0.5) is 0 Å². The van der Waals surface area contributed by atoms with Crippen LogP contribution in [-0.2, 0) is 65.4 Å². The molecule has 0 radical (unpaired) electrons. The Morgan fingerprint density at radius 2 is 0.551 bits per heavy atom. The lowest BCUT2D eigenvalue weighted by molar-refractivity contribution is -0.161. The highest BCUT2D eigenvalue weighted by molar-refractivity contribution is 7.47. The molecule has 0 aliphatic heterocycles. The van der Waals surface area contributed by atoms with E-state index in [1.165, 1.54) is 205 Å². The third-order valence-electron chi connectivity index (χ3n) is 17.9. The van der Waals surface area contributed by atoms with Crippen LogP contribution < -0.4 is 0 Å². The summed E-state index contributed by atoms with van der Waals surface area (Å²) >= 11 is 0. The van der Waals surface area contributed by atoms with E-state index < -0.39 is 97.5 Å². The van der Waals surface area contributed by atoms with E-state index >= 15 is 0 Å². The van der Waals surface area contributed by atoms with Gasteiger partial charge < -0.3 is 33.8 Å². The van der Waals surface area contributed by atoms with Crippen molar-refractivity contribution in [2.75, 3.05) is 39.6 Å². The van der Waals surface area contributed by atoms with Gasteiger partial charge in [-0.3, -0.25) is 37.3 Å². The van der Waals surface area contributed by atoms with Gasteiger partial charge in [-0.15, -0.1) is 0 Å². The number of ether oxygens (including phenoxy) is 4. The van der Waals surface area contributed by atoms with Crippen molar-refractivity contribution < 1.29 is 80.2 Å². The van der Waals surface area contributed by atoms with E-state index in [1.54, 1.807) is 0 Å². The Morgan fingerprint density at radius 1 is 0.316 bits per heavy atom. The Kier molecular flexibility index (Phi) is 69.7. The van der Waals surface area contributed by atoms with E-state index in [9.17, 15) is 43.2 Å². The van der Waals surface area contributed by atoms with Gasteiger partial charge in [-0.25, -0.2) is 9.13 Å². The third-order valence-corrected chi connectivity index (χ3v) is 19.8. The first-order valence-electron chi connectivity index (χ1n) is 40.5. The number of rotatable bonds is 77. The number of phosphoric ester groups is 2. The molecule has 5 atom stereocenters. The van der Waals surface area contributed by atoms with Crippen molar-refractivity contribution in [3.63, 3.8) is 0 Å². The summed E-state index contributed by atoms with van der Waals surface area (Å²) in [4.78, 5) is 72.9. The zero-order chi connectivity index (χ0) is 71.9. The maximum atomic E-state index is 13.1. The van der Waals surface area contributed by atoms with Gasteiger partial charge in [0.2, 0.25) is 0 Å². The molecule has 0 rings (SSSR count). The minimum atomic E-state index is -4.96. The summed E-state index contributed by atoms with van der Waals surface area (Å²) < 4.78 is 68.6. The summed E-state index contributed by atoms with van der Waals surface area (Å²) in [5.74, 6) is -1.35. The van der Waals surface area contributed by atoms with E-state index in [1.807, 2.05) is 0 Å². The maximum absolute atomic E-state index is 13.1. The van der Waals surface area contributed by atoms with Crippen LogP contribution in [0.15, 0.2) is 24.3 Å². The van der Waals surface area contributed by atoms with Gasteiger partial charge in [0.25, 0.3) is 0 Å². The van der Waals surface area contributed by atoms with Crippen molar-refractivity contribution in [3.05, 3.63) is 24.3 Å². The van der Waals surface area contributed by atoms with Crippen LogP contribution in [0.25, 0.3) is 0 Å². The fourth-order valence-electron chi connectivity index (χ4n) is 11.7. The molecule has 578 valence electrons. The van der Waals surface area contributed by atoms with Crippen LogP contribution in [0.5, 0.6) is 0 Å². The molecule has 0 aliphatic rings. The van der Waals surface area contributed by atoms with Gasteiger partial charge in [-0.05, 0) is 57.3 Å². The second-order valence-electron chi connectivity index (χ2n) is 28.2. The summed E-state index contributed by atoms with van der Waals surface area (Å²) in [6, 6.07) is 0. The van der Waals surface area contributed by atoms with Gasteiger partial charge in [0, 0.05) is 25.7 Å². The average molecular weight is 1430 g/mol. The second-order valence-corrected chi connectivity index (χ2v) is 31.2. The highest BCUT2D eigenvalue weighted by Gasteiger charge is 2.30. The molecule has 0 saturated heterocycles. The number of esters is 4. The van der Waals surface area contributed by atoms with E-state index in [4.69, 9.17) is 37.0 Å². The molecule has 2 unspecified atom stereocenters. The van der Waals surface area contributed by atoms with Crippen LogP contribution in [-0.4, -0.2) is 96.7 Å². The van der Waals surface area contributed by atoms with Crippen molar-refractivity contribution in [2.24, 2.45) is 5.92 Å². The number of hydrogen-bond acceptors (Lipinski definition) is 15. The Hall–Kier alpha value is -2.46. The van der Waals surface area contributed by atoms with Crippen molar-refractivity contribution >= 4 is 39.5 Å². The predicted molar refractivity (Wildman–Crippen MR) is 400 cm³/mol. The molecule has 19 heteroatoms. The first-order valence-corrected chi connectivity index (χ1v) is 43.4. The van der Waals surface area contributed by atoms with Crippen molar-refractivity contribution in [1.82, 2.24) is 0 Å². The average Bonchev–Trinajstić information content (AvgIpc) is 1.05. The molecule has 0 fully saturated rings. The highest BCUT2D eigenvalue weighted by atomic mass is 31.2. The SMILES string of the molecule is CCCCCC/C=C\C=C/CCCCCCCC(=O)O[C@H](COC(=O)CCCCCCCCCCC)COP(=O)(O)OC[C@H](O)COP(=O)(O)OC[C@@H](COC(=O)CCCCCCCCCCCCCCCCCCC)OC(=O)CCCCCCCCCCCCCCCCC(C)C. The fourth-order valence-corrected chi connectivity index (χ4v) is 13.3. The number of allylic oxidation sites excluding steroid dienone is 4. The molecular weight excluding hydrogens is 1280 g/mol. The van der Waals surface area contributed by atoms with Gasteiger partial charge in [0.15, 0.2) is 12.2 Å². The monoisotopic (exact) mass is 1430 g/mol. The molecule has 0 aromatic heterocycles. The Bertz CT molecular complexity index is 1970. The summed E-state index contributed by atoms with van der Waals surface area (Å²) in [7, 11) is -9.93. The van der Waals surface area contributed by atoms with E-state index in [-0.39, 0.29) is 25.7 Å². The molecule has 0 bridgehead atoms. The van der Waals surface area contributed by atoms with Crippen LogP contribution in [0.1, 0.15) is 394 Å². The summed E-state index contributed by atoms with van der Waals surface area (Å²) in [6.07, 6.45) is 64.6. The maximum Gasteiger partial charge on any atom is 0.472 e. The van der Waals surface area contributed by atoms with Gasteiger partial charge >= 0.3 is 39.5 Å². The molecule has 0 spiro atoms. The summed E-state index contributed by atoms with van der Waals surface area (Å²) in [6.45, 7) is 7.26. The number of carbonyl (C=O) groups excluding carboxylic acids is 4. The van der Waals surface area contributed by atoms with Crippen molar-refractivity contribution in [2.45, 2.75) is 412 Å². The first kappa shape index (κ1) is 95.5. The number of aliphatic hydroxyl groups excluding tert-OH is 1. The number of carbonyl (C=O) groups is 4. The van der Waals surface area contributed by atoms with Gasteiger partial charge in [-0.1, -0.05) is 341 Å². The van der Waals surface area contributed by atoms with Crippen LogP contribution in [0.3, 0.4) is 0 Å². The highest BCUT2D eigenvalue weighted by Crippen LogP contribution is 2.45. The standard InChI is InChI=1S/C79H150O17P2/c1-6-9-12-15-18-21-23-25-27-28-30-34-38-43-48-53-58-63-77(82)90-69-75(96-79(84)65-60-55-50-45-40-36-32-31-33-37-42-46-51-56-61-72(4)5)71-94-98(87,88)92-67-73(80)66-91-97(85,86)93-70-74(68-89-76(81)62-57-52-47-41-20-17-14-11-8-3)95-78(83)64-59-54-49-44-39-35-29-26-24-22-19-16-13-10-7-2/h22,24,26,29,72-75,80H,6-21,23,25,27-28,30-71H2,1-5H3,(H,85,86)(H,87,88)/b24-22-,29-26-/t73-,74+,75+/m0/s1. The lowest BCUT2D eigenvalue weighted by Crippen LogP contribution is -2.30. The van der Waals surface area contributed by atoms with Crippen molar-refractivity contribution in [3.8, 4) is 0 Å². The second kappa shape index (κ2) is 71.5. The summed E-state index contributed by atoms with van der Waals surface area (Å²) in [5.41, 5.74) is 0. The zero-order valence-corrected chi connectivity index (χ0v) is 65.2. The molecule has 0 amide bonds. The normalized spacial score (nSPS) is 14.1. The van der Waals surface area contributed by atoms with Crippen LogP contribution >= 0.6 is 15.6 Å². The Labute approximate surface area is 599 Å². The Morgan fingerprint density at radius 3 is 0.837 bits per heavy atom. The molecular formula is C79H150O17P2. The molecule has 0 heterocycles. The number of unbranched alkanes of at least 4 members (excludes halogenated alkanes) is 46. The molecule has 17 nitrogen and oxygen atoms in total. The molecule has 0 aromatic rings. The summed E-state index contributed by atoms with van der Waals surface area (Å²) in [5, 5.41) is 10.6. The molecule has 98 heavy (non-hydrogen) atoms. The van der Waals surface area contributed by atoms with Crippen LogP contribution in [0.2, 0.25) is 0 Å². The predicted octanol–water partition coefficient (Wildman–Crippen LogP) is 23.2. The largest absolute Gasteiger partial charge is 0.472 e. The van der Waals surface area contributed by atoms with E-state index in [2.05, 4.69) is 58.9 Å². The van der Waals surface area contributed by atoms with Crippen molar-refractivity contribution in [1.29, 1.82) is 0 Å². The molecule has 0 saturated carbocycles. The molecule has 3 N–H and O–H groups in total. The fraction of sp³-hybridized carbons (Fsp3) is 0.899. The van der Waals surface area contributed by atoms with Crippen LogP contribution in [0, 0.1) is 5.92 Å². The number of aliphatic hydroxyl groups is 1. The molecule has 0 aromatic carbocycles. The quantitative estimate of drug-likeness (QED) is 0.0169. The lowest BCUT2D eigenvalue weighted by Gasteiger charge is -2.21.